The molecular formula is C75H138O6. The predicted molar refractivity (Wildman–Crippen MR) is 353 cm³/mol. The molecule has 0 aliphatic heterocycles. The molecular weight excluding hydrogens is 997 g/mol. The number of carbonyl (C=O) groups is 3. The van der Waals surface area contributed by atoms with Crippen LogP contribution in [0.1, 0.15) is 393 Å². The van der Waals surface area contributed by atoms with Crippen LogP contribution in [-0.4, -0.2) is 37.2 Å². The van der Waals surface area contributed by atoms with Crippen molar-refractivity contribution in [3.8, 4) is 0 Å². The zero-order chi connectivity index (χ0) is 58.5. The minimum Gasteiger partial charge on any atom is -0.462 e. The second kappa shape index (κ2) is 69.9. The number of ether oxygens (including phenoxy) is 3. The quantitative estimate of drug-likeness (QED) is 0.0261. The van der Waals surface area contributed by atoms with Crippen molar-refractivity contribution in [1.82, 2.24) is 0 Å². The van der Waals surface area contributed by atoms with E-state index in [0.29, 0.717) is 19.3 Å². The molecule has 0 aromatic heterocycles. The van der Waals surface area contributed by atoms with Gasteiger partial charge in [0.1, 0.15) is 13.2 Å². The van der Waals surface area contributed by atoms with E-state index in [1.807, 2.05) is 0 Å². The lowest BCUT2D eigenvalue weighted by Gasteiger charge is -2.18. The number of allylic oxidation sites excluding steroid dienone is 8. The Hall–Kier alpha value is -2.63. The highest BCUT2D eigenvalue weighted by atomic mass is 16.6. The second-order valence-corrected chi connectivity index (χ2v) is 24.5. The van der Waals surface area contributed by atoms with Crippen molar-refractivity contribution in [3.05, 3.63) is 48.6 Å². The summed E-state index contributed by atoms with van der Waals surface area (Å²) in [7, 11) is 0. The first-order valence-electron chi connectivity index (χ1n) is 36.1. The van der Waals surface area contributed by atoms with Gasteiger partial charge in [0.25, 0.3) is 0 Å². The van der Waals surface area contributed by atoms with Gasteiger partial charge < -0.3 is 14.2 Å². The van der Waals surface area contributed by atoms with Crippen molar-refractivity contribution in [3.63, 3.8) is 0 Å². The van der Waals surface area contributed by atoms with Crippen LogP contribution >= 0.6 is 0 Å². The van der Waals surface area contributed by atoms with Crippen molar-refractivity contribution in [1.29, 1.82) is 0 Å². The zero-order valence-electron chi connectivity index (χ0n) is 54.6. The Labute approximate surface area is 505 Å². The van der Waals surface area contributed by atoms with Crippen LogP contribution in [0.2, 0.25) is 0 Å². The molecule has 0 rings (SSSR count). The summed E-state index contributed by atoms with van der Waals surface area (Å²) in [6, 6.07) is 0. The Bertz CT molecular complexity index is 1400. The van der Waals surface area contributed by atoms with Gasteiger partial charge >= 0.3 is 17.9 Å². The maximum atomic E-state index is 12.9. The number of unbranched alkanes of at least 4 members (excludes halogenated alkanes) is 48. The summed E-state index contributed by atoms with van der Waals surface area (Å²) in [5.41, 5.74) is 0. The van der Waals surface area contributed by atoms with Crippen LogP contribution in [-0.2, 0) is 28.6 Å². The fraction of sp³-hybridized carbons (Fsp3) is 0.853. The monoisotopic (exact) mass is 1140 g/mol. The molecule has 1 unspecified atom stereocenters. The molecule has 81 heavy (non-hydrogen) atoms. The highest BCUT2D eigenvalue weighted by molar-refractivity contribution is 5.71. The Morgan fingerprint density at radius 2 is 0.457 bits per heavy atom. The third-order valence-electron chi connectivity index (χ3n) is 16.3. The molecule has 0 aliphatic carbocycles. The minimum absolute atomic E-state index is 0.0731. The maximum absolute atomic E-state index is 12.9. The normalized spacial score (nSPS) is 12.3. The first kappa shape index (κ1) is 78.4. The molecule has 0 fully saturated rings. The highest BCUT2D eigenvalue weighted by Crippen LogP contribution is 2.18. The van der Waals surface area contributed by atoms with E-state index in [0.717, 1.165) is 89.9 Å². The summed E-state index contributed by atoms with van der Waals surface area (Å²) >= 11 is 0. The van der Waals surface area contributed by atoms with E-state index in [1.54, 1.807) is 0 Å². The second-order valence-electron chi connectivity index (χ2n) is 24.5. The molecule has 0 aromatic rings. The molecule has 0 spiro atoms. The van der Waals surface area contributed by atoms with Gasteiger partial charge in [0.2, 0.25) is 0 Å². The molecule has 0 aliphatic rings. The van der Waals surface area contributed by atoms with E-state index >= 15 is 0 Å². The van der Waals surface area contributed by atoms with Gasteiger partial charge in [-0.05, 0) is 77.0 Å². The molecule has 0 heterocycles. The van der Waals surface area contributed by atoms with Gasteiger partial charge in [0.15, 0.2) is 6.10 Å². The van der Waals surface area contributed by atoms with Gasteiger partial charge in [-0.3, -0.25) is 14.4 Å². The lowest BCUT2D eigenvalue weighted by atomic mass is 10.0. The molecule has 0 saturated heterocycles. The van der Waals surface area contributed by atoms with E-state index in [4.69, 9.17) is 14.2 Å². The van der Waals surface area contributed by atoms with Gasteiger partial charge in [-0.1, -0.05) is 345 Å². The minimum atomic E-state index is -0.777. The third-order valence-corrected chi connectivity index (χ3v) is 16.3. The van der Waals surface area contributed by atoms with Crippen molar-refractivity contribution < 1.29 is 28.6 Å². The first-order chi connectivity index (χ1) is 40.0. The summed E-state index contributed by atoms with van der Waals surface area (Å²) in [6.07, 6.45) is 88.8. The molecule has 0 bridgehead atoms. The fourth-order valence-electron chi connectivity index (χ4n) is 10.8. The number of rotatable bonds is 67. The smallest absolute Gasteiger partial charge is 0.306 e. The first-order valence-corrected chi connectivity index (χ1v) is 36.1. The van der Waals surface area contributed by atoms with E-state index < -0.39 is 6.10 Å². The molecule has 474 valence electrons. The van der Waals surface area contributed by atoms with Gasteiger partial charge in [0.05, 0.1) is 0 Å². The number of esters is 3. The van der Waals surface area contributed by atoms with Crippen LogP contribution in [0.4, 0.5) is 0 Å². The van der Waals surface area contributed by atoms with E-state index in [1.165, 1.54) is 263 Å². The van der Waals surface area contributed by atoms with Crippen LogP contribution < -0.4 is 0 Å². The fourth-order valence-corrected chi connectivity index (χ4v) is 10.8. The van der Waals surface area contributed by atoms with Gasteiger partial charge in [-0.25, -0.2) is 0 Å². The summed E-state index contributed by atoms with van der Waals surface area (Å²) in [6.45, 7) is 6.64. The molecule has 0 radical (unpaired) electrons. The van der Waals surface area contributed by atoms with Gasteiger partial charge in [0, 0.05) is 19.3 Å². The van der Waals surface area contributed by atoms with Crippen molar-refractivity contribution >= 4 is 17.9 Å². The van der Waals surface area contributed by atoms with Crippen molar-refractivity contribution in [2.24, 2.45) is 0 Å². The highest BCUT2D eigenvalue weighted by Gasteiger charge is 2.19. The van der Waals surface area contributed by atoms with E-state index in [2.05, 4.69) is 69.4 Å². The Morgan fingerprint density at radius 1 is 0.247 bits per heavy atom. The SMILES string of the molecule is CCCC/C=C\C/C=C\CCCCCCCC(=O)OC(COC(=O)CCCCCCCCCCCCCCCC)COC(=O)CCCCCCCCCCCCCCCCCCCCCCCCC/C=C\C/C=C\CCCCCCC. The summed E-state index contributed by atoms with van der Waals surface area (Å²) in [4.78, 5) is 38.3. The molecule has 6 heteroatoms. The van der Waals surface area contributed by atoms with E-state index in [9.17, 15) is 14.4 Å². The molecule has 6 nitrogen and oxygen atoms in total. The van der Waals surface area contributed by atoms with Gasteiger partial charge in [-0.2, -0.15) is 0 Å². The number of hydrogen-bond acceptors (Lipinski definition) is 6. The summed E-state index contributed by atoms with van der Waals surface area (Å²) in [5.74, 6) is -0.861. The lowest BCUT2D eigenvalue weighted by molar-refractivity contribution is -0.167. The zero-order valence-corrected chi connectivity index (χ0v) is 54.6. The summed E-state index contributed by atoms with van der Waals surface area (Å²) < 4.78 is 16.9. The lowest BCUT2D eigenvalue weighted by Crippen LogP contribution is -2.30. The number of hydrogen-bond donors (Lipinski definition) is 0. The topological polar surface area (TPSA) is 78.9 Å². The maximum Gasteiger partial charge on any atom is 0.306 e. The molecule has 1 atom stereocenters. The van der Waals surface area contributed by atoms with E-state index in [-0.39, 0.29) is 31.1 Å². The van der Waals surface area contributed by atoms with Crippen molar-refractivity contribution in [2.75, 3.05) is 13.2 Å². The van der Waals surface area contributed by atoms with Gasteiger partial charge in [-0.15, -0.1) is 0 Å². The third kappa shape index (κ3) is 68.0. The average Bonchev–Trinajstić information content (AvgIpc) is 3.47. The van der Waals surface area contributed by atoms with Crippen LogP contribution in [0.15, 0.2) is 48.6 Å². The molecule has 0 aromatic carbocycles. The Morgan fingerprint density at radius 3 is 0.716 bits per heavy atom. The molecule has 0 amide bonds. The average molecular weight is 1140 g/mol. The molecule has 0 N–H and O–H groups in total. The van der Waals surface area contributed by atoms with Crippen LogP contribution in [0.25, 0.3) is 0 Å². The number of carbonyl (C=O) groups excluding carboxylic acids is 3. The van der Waals surface area contributed by atoms with Crippen LogP contribution in [0.3, 0.4) is 0 Å². The summed E-state index contributed by atoms with van der Waals surface area (Å²) in [5, 5.41) is 0. The predicted octanol–water partition coefficient (Wildman–Crippen LogP) is 24.9. The van der Waals surface area contributed by atoms with Crippen LogP contribution in [0, 0.1) is 0 Å². The Balaban J connectivity index is 4.06. The Kier molecular flexibility index (Phi) is 67.6. The largest absolute Gasteiger partial charge is 0.462 e. The molecule has 0 saturated carbocycles. The van der Waals surface area contributed by atoms with Crippen LogP contribution in [0.5, 0.6) is 0 Å². The standard InChI is InChI=1S/C75H138O6/c1-4-7-10-13-16-19-22-25-28-29-30-31-32-33-34-35-36-37-38-39-40-41-42-43-44-45-46-47-48-51-53-56-59-62-65-68-74(77)80-71-72(81-75(78)69-66-63-60-57-54-50-27-24-21-18-15-12-9-6-3)70-79-73(76)67-64-61-58-55-52-49-26-23-20-17-14-11-8-5-2/h15,18,22,24-25,27,29-30,72H,4-14,16-17,19-21,23,26,28,31-71H2,1-3H3/b18-15-,25-22-,27-24-,30-29-. The van der Waals surface area contributed by atoms with Crippen molar-refractivity contribution in [2.45, 2.75) is 399 Å².